The molecule has 100 valence electrons. The van der Waals surface area contributed by atoms with Gasteiger partial charge in [-0.05, 0) is 35.6 Å². The van der Waals surface area contributed by atoms with E-state index in [1.807, 2.05) is 11.8 Å². The highest BCUT2D eigenvalue weighted by Gasteiger charge is 2.15. The Kier molecular flexibility index (Phi) is 6.53. The van der Waals surface area contributed by atoms with Crippen LogP contribution in [0.1, 0.15) is 18.9 Å². The van der Waals surface area contributed by atoms with Gasteiger partial charge in [0.15, 0.2) is 5.75 Å². The third kappa shape index (κ3) is 4.54. The number of hydrogen-bond donors (Lipinski definition) is 1. The molecule has 0 atom stereocenters. The van der Waals surface area contributed by atoms with Gasteiger partial charge in [0.25, 0.3) is 0 Å². The number of thioether (sulfide) groups is 1. The van der Waals surface area contributed by atoms with E-state index in [-0.39, 0.29) is 18.0 Å². The van der Waals surface area contributed by atoms with Crippen molar-refractivity contribution in [2.24, 2.45) is 0 Å². The minimum atomic E-state index is -0.475. The van der Waals surface area contributed by atoms with Crippen LogP contribution in [-0.4, -0.2) is 28.1 Å². The molecule has 0 heterocycles. The van der Waals surface area contributed by atoms with E-state index in [9.17, 15) is 10.1 Å². The molecule has 5 nitrogen and oxygen atoms in total. The zero-order valence-corrected chi connectivity index (χ0v) is 11.1. The Morgan fingerprint density at radius 3 is 2.89 bits per heavy atom. The SMILES string of the molecule is CCSCCCOc1cc(CO)ccc1[N+](=O)[O-]. The minimum absolute atomic E-state index is 0.0599. The van der Waals surface area contributed by atoms with Crippen LogP contribution in [0.15, 0.2) is 18.2 Å². The number of aliphatic hydroxyl groups excluding tert-OH is 1. The fraction of sp³-hybridized carbons (Fsp3) is 0.500. The smallest absolute Gasteiger partial charge is 0.310 e. The molecule has 0 fully saturated rings. The molecule has 0 saturated heterocycles. The number of nitrogens with zero attached hydrogens (tertiary/aromatic N) is 1. The van der Waals surface area contributed by atoms with Gasteiger partial charge in [0.2, 0.25) is 0 Å². The van der Waals surface area contributed by atoms with E-state index in [1.165, 1.54) is 18.2 Å². The fourth-order valence-electron chi connectivity index (χ4n) is 1.41. The van der Waals surface area contributed by atoms with Crippen molar-refractivity contribution in [1.29, 1.82) is 0 Å². The number of aliphatic hydroxyl groups is 1. The molecule has 0 unspecified atom stereocenters. The monoisotopic (exact) mass is 271 g/mol. The fourth-order valence-corrected chi connectivity index (χ4v) is 2.02. The lowest BCUT2D eigenvalue weighted by Crippen LogP contribution is -2.02. The summed E-state index contributed by atoms with van der Waals surface area (Å²) in [6.07, 6.45) is 0.846. The first-order chi connectivity index (χ1) is 8.69. The number of rotatable bonds is 8. The lowest BCUT2D eigenvalue weighted by molar-refractivity contribution is -0.385. The summed E-state index contributed by atoms with van der Waals surface area (Å²) in [6.45, 7) is 2.38. The summed E-state index contributed by atoms with van der Waals surface area (Å²) in [5, 5.41) is 19.8. The van der Waals surface area contributed by atoms with Crippen molar-refractivity contribution >= 4 is 17.4 Å². The van der Waals surface area contributed by atoms with Gasteiger partial charge in [-0.15, -0.1) is 0 Å². The highest BCUT2D eigenvalue weighted by molar-refractivity contribution is 7.99. The van der Waals surface area contributed by atoms with Gasteiger partial charge in [0.05, 0.1) is 18.1 Å². The van der Waals surface area contributed by atoms with Gasteiger partial charge in [0, 0.05) is 6.07 Å². The van der Waals surface area contributed by atoms with Crippen LogP contribution in [0, 0.1) is 10.1 Å². The average Bonchev–Trinajstić information content (AvgIpc) is 2.38. The maximum atomic E-state index is 10.8. The van der Waals surface area contributed by atoms with E-state index in [2.05, 4.69) is 6.92 Å². The second-order valence-electron chi connectivity index (χ2n) is 3.62. The molecule has 0 spiro atoms. The van der Waals surface area contributed by atoms with E-state index in [4.69, 9.17) is 9.84 Å². The summed E-state index contributed by atoms with van der Waals surface area (Å²) in [6, 6.07) is 4.41. The largest absolute Gasteiger partial charge is 0.487 e. The molecule has 0 radical (unpaired) electrons. The minimum Gasteiger partial charge on any atom is -0.487 e. The van der Waals surface area contributed by atoms with Crippen LogP contribution >= 0.6 is 11.8 Å². The highest BCUT2D eigenvalue weighted by atomic mass is 32.2. The van der Waals surface area contributed by atoms with Gasteiger partial charge in [-0.25, -0.2) is 0 Å². The second-order valence-corrected chi connectivity index (χ2v) is 5.01. The van der Waals surface area contributed by atoms with Gasteiger partial charge in [0.1, 0.15) is 0 Å². The molecule has 0 aromatic heterocycles. The highest BCUT2D eigenvalue weighted by Crippen LogP contribution is 2.28. The predicted octanol–water partition coefficient (Wildman–Crippen LogP) is 2.61. The van der Waals surface area contributed by atoms with Gasteiger partial charge in [-0.1, -0.05) is 6.92 Å². The van der Waals surface area contributed by atoms with Crippen molar-refractivity contribution in [3.63, 3.8) is 0 Å². The Bertz CT molecular complexity index is 398. The average molecular weight is 271 g/mol. The van der Waals surface area contributed by atoms with Crippen molar-refractivity contribution in [2.45, 2.75) is 20.0 Å². The second kappa shape index (κ2) is 7.94. The first kappa shape index (κ1) is 14.8. The summed E-state index contributed by atoms with van der Waals surface area (Å²) in [5.41, 5.74) is 0.550. The zero-order chi connectivity index (χ0) is 13.4. The number of nitro benzene ring substituents is 1. The first-order valence-corrected chi connectivity index (χ1v) is 6.93. The van der Waals surface area contributed by atoms with Gasteiger partial charge < -0.3 is 9.84 Å². The molecule has 1 N–H and O–H groups in total. The molecule has 1 aromatic carbocycles. The van der Waals surface area contributed by atoms with E-state index in [0.717, 1.165) is 17.9 Å². The molecule has 18 heavy (non-hydrogen) atoms. The Labute approximate surface area is 110 Å². The van der Waals surface area contributed by atoms with Crippen LogP contribution in [0.2, 0.25) is 0 Å². The van der Waals surface area contributed by atoms with E-state index >= 15 is 0 Å². The van der Waals surface area contributed by atoms with Crippen LogP contribution in [0.25, 0.3) is 0 Å². The topological polar surface area (TPSA) is 72.6 Å². The molecular weight excluding hydrogens is 254 g/mol. The predicted molar refractivity (Wildman–Crippen MR) is 72.1 cm³/mol. The Morgan fingerprint density at radius 1 is 1.50 bits per heavy atom. The standard InChI is InChI=1S/C12H17NO4S/c1-2-18-7-3-6-17-12-8-10(9-14)4-5-11(12)13(15)16/h4-5,8,14H,2-3,6-7,9H2,1H3. The maximum Gasteiger partial charge on any atom is 0.310 e. The Balaban J connectivity index is 2.63. The third-order valence-corrected chi connectivity index (χ3v) is 3.28. The van der Waals surface area contributed by atoms with Crippen molar-refractivity contribution in [1.82, 2.24) is 0 Å². The van der Waals surface area contributed by atoms with Crippen molar-refractivity contribution in [3.05, 3.63) is 33.9 Å². The molecular formula is C12H17NO4S. The molecule has 0 amide bonds. The number of hydrogen-bond acceptors (Lipinski definition) is 5. The van der Waals surface area contributed by atoms with E-state index in [0.29, 0.717) is 12.2 Å². The van der Waals surface area contributed by atoms with Gasteiger partial charge in [-0.2, -0.15) is 11.8 Å². The van der Waals surface area contributed by atoms with Crippen LogP contribution in [-0.2, 0) is 6.61 Å². The lowest BCUT2D eigenvalue weighted by atomic mass is 10.2. The summed E-state index contributed by atoms with van der Waals surface area (Å²) in [7, 11) is 0. The first-order valence-electron chi connectivity index (χ1n) is 5.77. The molecule has 0 saturated carbocycles. The summed E-state index contributed by atoms with van der Waals surface area (Å²) < 4.78 is 5.42. The third-order valence-electron chi connectivity index (χ3n) is 2.30. The van der Waals surface area contributed by atoms with Gasteiger partial charge in [-0.3, -0.25) is 10.1 Å². The normalized spacial score (nSPS) is 10.3. The summed E-state index contributed by atoms with van der Waals surface area (Å²) >= 11 is 1.81. The zero-order valence-electron chi connectivity index (χ0n) is 10.3. The Morgan fingerprint density at radius 2 is 2.28 bits per heavy atom. The number of nitro groups is 1. The van der Waals surface area contributed by atoms with Crippen molar-refractivity contribution in [3.8, 4) is 5.75 Å². The van der Waals surface area contributed by atoms with Crippen LogP contribution < -0.4 is 4.74 Å². The molecule has 6 heteroatoms. The van der Waals surface area contributed by atoms with Crippen LogP contribution in [0.3, 0.4) is 0 Å². The molecule has 1 aromatic rings. The van der Waals surface area contributed by atoms with Crippen LogP contribution in [0.4, 0.5) is 5.69 Å². The van der Waals surface area contributed by atoms with Gasteiger partial charge >= 0.3 is 5.69 Å². The molecule has 0 aliphatic heterocycles. The Hall–Kier alpha value is -1.27. The summed E-state index contributed by atoms with van der Waals surface area (Å²) in [4.78, 5) is 10.3. The van der Waals surface area contributed by atoms with Crippen LogP contribution in [0.5, 0.6) is 5.75 Å². The number of benzene rings is 1. The van der Waals surface area contributed by atoms with E-state index < -0.39 is 4.92 Å². The molecule has 0 aliphatic rings. The molecule has 0 bridgehead atoms. The quantitative estimate of drug-likeness (QED) is 0.447. The van der Waals surface area contributed by atoms with Crippen molar-refractivity contribution in [2.75, 3.05) is 18.1 Å². The summed E-state index contributed by atoms with van der Waals surface area (Å²) in [5.74, 6) is 2.26. The molecule has 1 rings (SSSR count). The molecule has 0 aliphatic carbocycles. The number of ether oxygens (including phenoxy) is 1. The lowest BCUT2D eigenvalue weighted by Gasteiger charge is -2.07. The maximum absolute atomic E-state index is 10.8. The van der Waals surface area contributed by atoms with E-state index in [1.54, 1.807) is 0 Å². The van der Waals surface area contributed by atoms with Crippen molar-refractivity contribution < 1.29 is 14.8 Å².